The molecule has 0 radical (unpaired) electrons. The molecule has 0 bridgehead atoms. The number of benzene rings is 2. The highest BCUT2D eigenvalue weighted by atomic mass is 35.5. The van der Waals surface area contributed by atoms with Crippen molar-refractivity contribution in [1.29, 1.82) is 0 Å². The zero-order chi connectivity index (χ0) is 23.0. The highest BCUT2D eigenvalue weighted by Gasteiger charge is 2.39. The van der Waals surface area contributed by atoms with E-state index >= 15 is 0 Å². The zero-order valence-corrected chi connectivity index (χ0v) is 22.5. The summed E-state index contributed by atoms with van der Waals surface area (Å²) in [6, 6.07) is 19.7. The third-order valence-corrected chi connectivity index (χ3v) is 7.31. The molecule has 0 saturated heterocycles. The quantitative estimate of drug-likeness (QED) is 0.355. The molecule has 0 heterocycles. The normalized spacial score (nSPS) is 23.5. The van der Waals surface area contributed by atoms with E-state index in [4.69, 9.17) is 4.74 Å². The topological polar surface area (TPSA) is 50.4 Å². The van der Waals surface area contributed by atoms with Crippen molar-refractivity contribution in [2.75, 3.05) is 13.7 Å². The van der Waals surface area contributed by atoms with Crippen molar-refractivity contribution < 1.29 is 9.53 Å². The third-order valence-electron chi connectivity index (χ3n) is 7.31. The fraction of sp³-hybridized carbons (Fsp3) is 0.483. The van der Waals surface area contributed by atoms with E-state index in [1.807, 2.05) is 24.3 Å². The van der Waals surface area contributed by atoms with Crippen LogP contribution in [0.5, 0.6) is 0 Å². The van der Waals surface area contributed by atoms with E-state index in [2.05, 4.69) is 54.0 Å². The maximum absolute atomic E-state index is 11.6. The lowest BCUT2D eigenvalue weighted by atomic mass is 9.86. The van der Waals surface area contributed by atoms with Crippen LogP contribution in [0.1, 0.15) is 66.9 Å². The molecule has 2 atom stereocenters. The van der Waals surface area contributed by atoms with Crippen molar-refractivity contribution in [2.45, 2.75) is 64.1 Å². The molecule has 0 aromatic heterocycles. The lowest BCUT2D eigenvalue weighted by Crippen LogP contribution is -2.36. The second-order valence-corrected chi connectivity index (χ2v) is 9.63. The first-order valence-electron chi connectivity index (χ1n) is 12.6. The Labute approximate surface area is 223 Å². The Morgan fingerprint density at radius 2 is 1.66 bits per heavy atom. The number of hydrogen-bond donors (Lipinski definition) is 2. The molecule has 2 aromatic rings. The summed E-state index contributed by atoms with van der Waals surface area (Å²) in [4.78, 5) is 11.6. The van der Waals surface area contributed by atoms with Gasteiger partial charge in [0, 0.05) is 18.6 Å². The molecule has 35 heavy (non-hydrogen) atoms. The monoisotopic (exact) mass is 518 g/mol. The summed E-state index contributed by atoms with van der Waals surface area (Å²) in [6.07, 6.45) is 9.90. The summed E-state index contributed by atoms with van der Waals surface area (Å²) < 4.78 is 4.76. The van der Waals surface area contributed by atoms with Gasteiger partial charge in [0.25, 0.3) is 0 Å². The van der Waals surface area contributed by atoms with Crippen LogP contribution in [0.3, 0.4) is 0 Å². The molecule has 2 aromatic carbocycles. The van der Waals surface area contributed by atoms with E-state index in [1.165, 1.54) is 50.3 Å². The van der Waals surface area contributed by atoms with Crippen molar-refractivity contribution in [3.05, 3.63) is 76.9 Å². The van der Waals surface area contributed by atoms with Crippen LogP contribution in [0.15, 0.2) is 60.2 Å². The summed E-state index contributed by atoms with van der Waals surface area (Å²) in [7, 11) is 1.41. The minimum Gasteiger partial charge on any atom is -0.465 e. The van der Waals surface area contributed by atoms with Crippen LogP contribution in [-0.2, 0) is 11.3 Å². The number of methoxy groups -OCH3 is 1. The predicted octanol–water partition coefficient (Wildman–Crippen LogP) is 6.44. The van der Waals surface area contributed by atoms with Gasteiger partial charge in [0.15, 0.2) is 0 Å². The van der Waals surface area contributed by atoms with Crippen LogP contribution >= 0.6 is 24.8 Å². The predicted molar refractivity (Wildman–Crippen MR) is 149 cm³/mol. The fourth-order valence-electron chi connectivity index (χ4n) is 5.09. The first kappa shape index (κ1) is 29.4. The van der Waals surface area contributed by atoms with E-state index in [9.17, 15) is 4.79 Å². The Balaban J connectivity index is 0.00000216. The molecule has 4 nitrogen and oxygen atoms in total. The first-order valence-corrected chi connectivity index (χ1v) is 12.6. The number of ether oxygens (including phenoxy) is 1. The fourth-order valence-corrected chi connectivity index (χ4v) is 5.09. The Morgan fingerprint density at radius 1 is 0.971 bits per heavy atom. The van der Waals surface area contributed by atoms with Crippen molar-refractivity contribution in [3.8, 4) is 0 Å². The Bertz CT molecular complexity index is 925. The van der Waals surface area contributed by atoms with Gasteiger partial charge in [-0.3, -0.25) is 0 Å². The molecule has 2 N–H and O–H groups in total. The molecule has 0 aliphatic heterocycles. The van der Waals surface area contributed by atoms with Crippen molar-refractivity contribution >= 4 is 36.9 Å². The molecule has 0 spiro atoms. The molecular weight excluding hydrogens is 479 g/mol. The molecular formula is C29H40Cl2N2O2. The maximum Gasteiger partial charge on any atom is 0.337 e. The van der Waals surface area contributed by atoms with Crippen molar-refractivity contribution in [2.24, 2.45) is 11.8 Å². The van der Waals surface area contributed by atoms with Crippen molar-refractivity contribution in [1.82, 2.24) is 10.6 Å². The van der Waals surface area contributed by atoms with E-state index in [-0.39, 0.29) is 30.8 Å². The van der Waals surface area contributed by atoms with Gasteiger partial charge in [-0.15, -0.1) is 24.8 Å². The molecule has 4 rings (SSSR count). The van der Waals surface area contributed by atoms with Crippen LogP contribution in [0.2, 0.25) is 0 Å². The largest absolute Gasteiger partial charge is 0.465 e. The van der Waals surface area contributed by atoms with Crippen LogP contribution in [0.4, 0.5) is 0 Å². The van der Waals surface area contributed by atoms with Crippen LogP contribution in [0.25, 0.3) is 6.08 Å². The average molecular weight is 520 g/mol. The molecule has 2 fully saturated rings. The van der Waals surface area contributed by atoms with Gasteiger partial charge in [0.1, 0.15) is 0 Å². The molecule has 192 valence electrons. The Morgan fingerprint density at radius 3 is 2.29 bits per heavy atom. The summed E-state index contributed by atoms with van der Waals surface area (Å²) in [5.41, 5.74) is 4.73. The van der Waals surface area contributed by atoms with Gasteiger partial charge in [-0.25, -0.2) is 4.79 Å². The van der Waals surface area contributed by atoms with Gasteiger partial charge in [0.05, 0.1) is 12.7 Å². The van der Waals surface area contributed by atoms with Gasteiger partial charge in [-0.05, 0) is 80.2 Å². The maximum atomic E-state index is 11.6. The summed E-state index contributed by atoms with van der Waals surface area (Å²) in [5.74, 6) is 1.24. The van der Waals surface area contributed by atoms with Crippen LogP contribution in [-0.4, -0.2) is 31.7 Å². The highest BCUT2D eigenvalue weighted by molar-refractivity contribution is 5.89. The number of halogens is 2. The second-order valence-electron chi connectivity index (χ2n) is 9.63. The molecule has 2 aliphatic rings. The van der Waals surface area contributed by atoms with Gasteiger partial charge in [-0.2, -0.15) is 0 Å². The highest BCUT2D eigenvalue weighted by Crippen LogP contribution is 2.40. The van der Waals surface area contributed by atoms with E-state index < -0.39 is 0 Å². The number of nitrogens with one attached hydrogen (secondary N) is 2. The molecule has 2 saturated carbocycles. The van der Waals surface area contributed by atoms with Gasteiger partial charge in [0.2, 0.25) is 0 Å². The second kappa shape index (κ2) is 14.6. The average Bonchev–Trinajstić information content (AvgIpc) is 3.65. The van der Waals surface area contributed by atoms with E-state index in [1.54, 1.807) is 5.57 Å². The smallest absolute Gasteiger partial charge is 0.337 e. The molecule has 6 heteroatoms. The van der Waals surface area contributed by atoms with Crippen LogP contribution < -0.4 is 10.6 Å². The van der Waals surface area contributed by atoms with Gasteiger partial charge >= 0.3 is 5.97 Å². The lowest BCUT2D eigenvalue weighted by molar-refractivity contribution is 0.0600. The standard InChI is InChI=1S/C29H38N2O2.2ClH/c1-3-24(17-21-7-5-4-6-8-21)27-18-28(27)31-20-23-11-15-26(16-12-23)30-19-22-9-13-25(14-10-22)29(32)33-2;;/h4-10,13-14,17,23,26-28,30-31H,3,11-12,15-16,18-20H2,1-2H3;2*1H/t23?,26?,27-,28+;;/m0../s1. The molecule has 2 aliphatic carbocycles. The van der Waals surface area contributed by atoms with Gasteiger partial charge in [-0.1, -0.05) is 61.0 Å². The van der Waals surface area contributed by atoms with Gasteiger partial charge < -0.3 is 15.4 Å². The summed E-state index contributed by atoms with van der Waals surface area (Å²) in [5, 5.41) is 7.58. The summed E-state index contributed by atoms with van der Waals surface area (Å²) >= 11 is 0. The number of carbonyl (C=O) groups is 1. The van der Waals surface area contributed by atoms with E-state index in [0.717, 1.165) is 31.3 Å². The third kappa shape index (κ3) is 8.64. The van der Waals surface area contributed by atoms with Crippen LogP contribution in [0, 0.1) is 11.8 Å². The summed E-state index contributed by atoms with van der Waals surface area (Å²) in [6.45, 7) is 4.30. The zero-order valence-electron chi connectivity index (χ0n) is 20.9. The number of rotatable bonds is 10. The number of hydrogen-bond acceptors (Lipinski definition) is 4. The molecule has 0 unspecified atom stereocenters. The van der Waals surface area contributed by atoms with Crippen molar-refractivity contribution in [3.63, 3.8) is 0 Å². The Hall–Kier alpha value is -1.85. The minimum atomic E-state index is -0.280. The minimum absolute atomic E-state index is 0. The number of esters is 1. The van der Waals surface area contributed by atoms with E-state index in [0.29, 0.717) is 17.6 Å². The SMILES string of the molecule is CCC(=Cc1ccccc1)[C@@H]1C[C@H]1NCC1CCC(NCc2ccc(C(=O)OC)cc2)CC1.Cl.Cl. The Kier molecular flexibility index (Phi) is 12.3. The lowest BCUT2D eigenvalue weighted by Gasteiger charge is -2.29. The number of carbonyl (C=O) groups excluding carboxylic acids is 1. The molecule has 0 amide bonds. The first-order chi connectivity index (χ1) is 16.2.